The number of hydrogen-bond acceptors (Lipinski definition) is 9. The number of phosphoric ester groups is 1. The summed E-state index contributed by atoms with van der Waals surface area (Å²) in [5.41, 5.74) is 5.34. The molecule has 0 saturated carbocycles. The van der Waals surface area contributed by atoms with Crippen molar-refractivity contribution in [3.63, 3.8) is 0 Å². The number of unbranched alkanes of at least 4 members (excludes halogenated alkanes) is 20. The fourth-order valence-electron chi connectivity index (χ4n) is 6.51. The minimum Gasteiger partial charge on any atom is -0.480 e. The molecule has 0 aliphatic rings. The van der Waals surface area contributed by atoms with Crippen LogP contribution in [0.3, 0.4) is 0 Å². The summed E-state index contributed by atoms with van der Waals surface area (Å²) in [6.07, 6.45) is 56.9. The minimum atomic E-state index is -4.74. The quantitative estimate of drug-likeness (QED) is 0.0230. The van der Waals surface area contributed by atoms with E-state index in [1.165, 1.54) is 122 Å². The van der Waals surface area contributed by atoms with Gasteiger partial charge in [0.1, 0.15) is 12.6 Å². The molecule has 0 heterocycles. The third-order valence-electron chi connectivity index (χ3n) is 10.4. The van der Waals surface area contributed by atoms with Gasteiger partial charge in [-0.3, -0.25) is 23.4 Å². The molecule has 0 radical (unpaired) electrons. The number of carboxylic acids is 1. The fourth-order valence-corrected chi connectivity index (χ4v) is 7.29. The summed E-state index contributed by atoms with van der Waals surface area (Å²) in [6, 6.07) is -1.53. The molecule has 1 unspecified atom stereocenters. The van der Waals surface area contributed by atoms with Crippen molar-refractivity contribution in [3.05, 3.63) is 72.9 Å². The van der Waals surface area contributed by atoms with E-state index in [0.717, 1.165) is 44.9 Å². The number of carbonyl (C=O) groups excluding carboxylic acids is 2. The summed E-state index contributed by atoms with van der Waals surface area (Å²) in [5.74, 6) is -2.48. The Hall–Kier alpha value is -3.08. The van der Waals surface area contributed by atoms with Gasteiger partial charge in [0.2, 0.25) is 0 Å². The zero-order valence-corrected chi connectivity index (χ0v) is 41.0. The number of aliphatic carboxylic acids is 1. The van der Waals surface area contributed by atoms with E-state index in [0.29, 0.717) is 12.8 Å². The number of ether oxygens (including phenoxy) is 2. The highest BCUT2D eigenvalue weighted by Crippen LogP contribution is 2.43. The first-order chi connectivity index (χ1) is 31.1. The third-order valence-corrected chi connectivity index (χ3v) is 11.4. The number of phosphoric acid groups is 1. The normalized spacial score (nSPS) is 14.2. The van der Waals surface area contributed by atoms with Gasteiger partial charge in [0, 0.05) is 12.8 Å². The lowest BCUT2D eigenvalue weighted by molar-refractivity contribution is -0.161. The largest absolute Gasteiger partial charge is 0.480 e. The van der Waals surface area contributed by atoms with Crippen molar-refractivity contribution < 1.29 is 47.5 Å². The SMILES string of the molecule is CCCCC/C=C/C/C=C/C/C=C/C/C=C/C/C=C/CCC(=O)OC[C@H](COP(=O)(O)OC[C@H](N)C(=O)O)OC(=O)CCCCCCCCCCCCC/C=C/CCCCCCCC. The number of nitrogens with two attached hydrogens (primary N) is 1. The molecule has 0 saturated heterocycles. The maximum absolute atomic E-state index is 12.7. The molecule has 4 N–H and O–H groups in total. The van der Waals surface area contributed by atoms with Crippen LogP contribution in [0.5, 0.6) is 0 Å². The predicted octanol–water partition coefficient (Wildman–Crippen LogP) is 14.1. The van der Waals surface area contributed by atoms with Crippen LogP contribution < -0.4 is 5.73 Å². The van der Waals surface area contributed by atoms with E-state index in [9.17, 15) is 23.8 Å². The summed E-state index contributed by atoms with van der Waals surface area (Å²) >= 11 is 0. The number of rotatable bonds is 46. The monoisotopic (exact) mass is 920 g/mol. The maximum Gasteiger partial charge on any atom is 0.472 e. The molecule has 3 atom stereocenters. The summed E-state index contributed by atoms with van der Waals surface area (Å²) in [7, 11) is -4.74. The third kappa shape index (κ3) is 45.5. The maximum atomic E-state index is 12.7. The Morgan fingerprint density at radius 1 is 0.484 bits per heavy atom. The lowest BCUT2D eigenvalue weighted by Crippen LogP contribution is -2.34. The van der Waals surface area contributed by atoms with Gasteiger partial charge in [-0.2, -0.15) is 0 Å². The van der Waals surface area contributed by atoms with Crippen LogP contribution in [0, 0.1) is 0 Å². The van der Waals surface area contributed by atoms with Gasteiger partial charge in [-0.25, -0.2) is 4.57 Å². The molecule has 0 amide bonds. The zero-order valence-electron chi connectivity index (χ0n) is 40.1. The minimum absolute atomic E-state index is 0.0958. The van der Waals surface area contributed by atoms with Crippen LogP contribution in [-0.2, 0) is 37.5 Å². The van der Waals surface area contributed by atoms with Crippen LogP contribution in [0.25, 0.3) is 0 Å². The second-order valence-electron chi connectivity index (χ2n) is 16.6. The van der Waals surface area contributed by atoms with E-state index < -0.39 is 51.1 Å². The predicted molar refractivity (Wildman–Crippen MR) is 263 cm³/mol. The van der Waals surface area contributed by atoms with Crippen LogP contribution in [0.4, 0.5) is 0 Å². The lowest BCUT2D eigenvalue weighted by atomic mass is 10.0. The molecule has 0 aromatic heterocycles. The van der Waals surface area contributed by atoms with Gasteiger partial charge in [0.25, 0.3) is 0 Å². The molecule has 12 heteroatoms. The Labute approximate surface area is 389 Å². The van der Waals surface area contributed by atoms with Crippen molar-refractivity contribution >= 4 is 25.7 Å². The van der Waals surface area contributed by atoms with Gasteiger partial charge >= 0.3 is 25.7 Å². The van der Waals surface area contributed by atoms with Gasteiger partial charge in [0.05, 0.1) is 13.2 Å². The molecule has 0 rings (SSSR count). The van der Waals surface area contributed by atoms with Gasteiger partial charge < -0.3 is 25.2 Å². The number of hydrogen-bond donors (Lipinski definition) is 3. The summed E-state index contributed by atoms with van der Waals surface area (Å²) in [6.45, 7) is 2.71. The average molecular weight is 920 g/mol. The first-order valence-corrected chi connectivity index (χ1v) is 26.5. The average Bonchev–Trinajstić information content (AvgIpc) is 3.27. The van der Waals surface area contributed by atoms with Crippen LogP contribution in [0.2, 0.25) is 0 Å². The summed E-state index contributed by atoms with van der Waals surface area (Å²) < 4.78 is 32.7. The van der Waals surface area contributed by atoms with Gasteiger partial charge in [-0.15, -0.1) is 0 Å². The molecular weight excluding hydrogens is 830 g/mol. The lowest BCUT2D eigenvalue weighted by Gasteiger charge is -2.20. The molecule has 0 spiro atoms. The van der Waals surface area contributed by atoms with Crippen molar-refractivity contribution in [1.82, 2.24) is 0 Å². The van der Waals surface area contributed by atoms with Crippen LogP contribution >= 0.6 is 7.82 Å². The van der Waals surface area contributed by atoms with Crippen molar-refractivity contribution in [3.8, 4) is 0 Å². The van der Waals surface area contributed by atoms with E-state index in [1.807, 2.05) is 12.2 Å². The van der Waals surface area contributed by atoms with Crippen molar-refractivity contribution in [2.75, 3.05) is 19.8 Å². The second-order valence-corrected chi connectivity index (χ2v) is 18.0. The highest BCUT2D eigenvalue weighted by Gasteiger charge is 2.28. The van der Waals surface area contributed by atoms with E-state index >= 15 is 0 Å². The molecular formula is C52H90NO10P. The molecule has 0 bridgehead atoms. The van der Waals surface area contributed by atoms with Crippen molar-refractivity contribution in [2.24, 2.45) is 5.73 Å². The number of carboxylic acid groups (broad SMARTS) is 1. The Bertz CT molecular complexity index is 1360. The van der Waals surface area contributed by atoms with Gasteiger partial charge in [-0.05, 0) is 77.0 Å². The molecule has 0 fully saturated rings. The van der Waals surface area contributed by atoms with Gasteiger partial charge in [-0.1, -0.05) is 189 Å². The smallest absolute Gasteiger partial charge is 0.472 e. The second kappa shape index (κ2) is 46.4. The molecule has 0 aromatic rings. The van der Waals surface area contributed by atoms with Crippen LogP contribution in [-0.4, -0.2) is 59.9 Å². The van der Waals surface area contributed by atoms with E-state index in [4.69, 9.17) is 24.8 Å². The number of allylic oxidation sites excluding steroid dienone is 12. The Morgan fingerprint density at radius 3 is 1.34 bits per heavy atom. The number of carbonyl (C=O) groups is 3. The van der Waals surface area contributed by atoms with Crippen LogP contribution in [0.1, 0.15) is 206 Å². The van der Waals surface area contributed by atoms with E-state index in [-0.39, 0.29) is 19.4 Å². The molecule has 11 nitrogen and oxygen atoms in total. The fraction of sp³-hybridized carbons (Fsp3) is 0.712. The first-order valence-electron chi connectivity index (χ1n) is 25.0. The highest BCUT2D eigenvalue weighted by atomic mass is 31.2. The van der Waals surface area contributed by atoms with Crippen molar-refractivity contribution in [2.45, 2.75) is 219 Å². The molecule has 0 aliphatic carbocycles. The zero-order chi connectivity index (χ0) is 47.0. The molecule has 64 heavy (non-hydrogen) atoms. The molecule has 0 aromatic carbocycles. The topological polar surface area (TPSA) is 172 Å². The Kier molecular flexibility index (Phi) is 44.2. The summed E-state index contributed by atoms with van der Waals surface area (Å²) in [4.78, 5) is 46.1. The van der Waals surface area contributed by atoms with Crippen molar-refractivity contribution in [1.29, 1.82) is 0 Å². The Morgan fingerprint density at radius 2 is 0.859 bits per heavy atom. The first kappa shape index (κ1) is 60.9. The Balaban J connectivity index is 4.38. The van der Waals surface area contributed by atoms with Gasteiger partial charge in [0.15, 0.2) is 6.10 Å². The number of esters is 2. The van der Waals surface area contributed by atoms with E-state index in [2.05, 4.69) is 79.1 Å². The van der Waals surface area contributed by atoms with Crippen LogP contribution in [0.15, 0.2) is 72.9 Å². The standard InChI is InChI=1S/C52H90NO10P/c1-3-5-7-9-11-13-15-17-19-21-23-24-26-28-30-32-34-36-38-40-42-44-51(55)63-48(46-61-64(58,59)62-47-49(53)52(56)57)45-60-50(54)43-41-39-37-35-33-31-29-27-25-22-20-18-16-14-12-10-8-6-4-2/h12,14,17-20,25,27,31,33,37,39,48-49H,3-11,13,15-16,21-24,26,28-30,32,34-36,38,40-47,53H2,1-2H3,(H,56,57)(H,58,59)/b14-12+,19-17+,20-18+,27-25+,33-31+,39-37+/t48-,49+/m1/s1. The molecule has 368 valence electrons. The molecule has 0 aliphatic heterocycles. The highest BCUT2D eigenvalue weighted by molar-refractivity contribution is 7.47. The van der Waals surface area contributed by atoms with E-state index in [1.54, 1.807) is 0 Å². The summed E-state index contributed by atoms with van der Waals surface area (Å²) in [5, 5.41) is 8.91.